The largest absolute Gasteiger partial charge is 0.447 e. The number of amidine groups is 1. The number of carbonyl (C=O) groups excluding carboxylic acids is 3. The van der Waals surface area contributed by atoms with E-state index in [1.807, 2.05) is 0 Å². The van der Waals surface area contributed by atoms with Crippen LogP contribution in [0, 0.1) is 17.8 Å². The molecule has 10 nitrogen and oxygen atoms in total. The molecule has 3 amide bonds. The number of oxime groups is 1. The molecule has 1 aliphatic carbocycles. The maximum Gasteiger partial charge on any atom is 0.408 e. The second-order valence-electron chi connectivity index (χ2n) is 10.2. The van der Waals surface area contributed by atoms with E-state index in [0.29, 0.717) is 37.8 Å². The number of nitrogens with zero attached hydrogens (tertiary/aromatic N) is 2. The highest BCUT2D eigenvalue weighted by atomic mass is 16.6. The Hall–Kier alpha value is -2.52. The molecule has 5 N–H and O–H groups in total. The van der Waals surface area contributed by atoms with Gasteiger partial charge in [-0.05, 0) is 70.6 Å². The van der Waals surface area contributed by atoms with Crippen LogP contribution in [0.4, 0.5) is 4.79 Å². The van der Waals surface area contributed by atoms with Crippen LogP contribution in [0.2, 0.25) is 0 Å². The van der Waals surface area contributed by atoms with Gasteiger partial charge in [0.15, 0.2) is 0 Å². The summed E-state index contributed by atoms with van der Waals surface area (Å²) in [6.07, 6.45) is 6.27. The molecular weight excluding hydrogens is 450 g/mol. The average molecular weight is 496 g/mol. The topological polar surface area (TPSA) is 146 Å². The van der Waals surface area contributed by atoms with E-state index in [1.165, 1.54) is 0 Å². The van der Waals surface area contributed by atoms with Gasteiger partial charge in [-0.25, -0.2) is 4.79 Å². The Morgan fingerprint density at radius 2 is 1.77 bits per heavy atom. The minimum absolute atomic E-state index is 0.0942. The van der Waals surface area contributed by atoms with Crippen molar-refractivity contribution < 1.29 is 24.3 Å². The summed E-state index contributed by atoms with van der Waals surface area (Å²) in [5.41, 5.74) is 5.73. The summed E-state index contributed by atoms with van der Waals surface area (Å²) in [6.45, 7) is 8.73. The van der Waals surface area contributed by atoms with Crippen molar-refractivity contribution in [2.24, 2.45) is 28.6 Å². The van der Waals surface area contributed by atoms with E-state index in [-0.39, 0.29) is 29.7 Å². The van der Waals surface area contributed by atoms with Crippen LogP contribution in [-0.4, -0.2) is 65.1 Å². The molecule has 2 aliphatic rings. The lowest BCUT2D eigenvalue weighted by Gasteiger charge is -2.31. The van der Waals surface area contributed by atoms with Gasteiger partial charge >= 0.3 is 6.09 Å². The van der Waals surface area contributed by atoms with Crippen molar-refractivity contribution in [3.05, 3.63) is 0 Å². The normalized spacial score (nSPS) is 23.9. The van der Waals surface area contributed by atoms with Crippen molar-refractivity contribution in [2.45, 2.75) is 104 Å². The quantitative estimate of drug-likeness (QED) is 0.150. The summed E-state index contributed by atoms with van der Waals surface area (Å²) >= 11 is 0. The molecule has 0 spiro atoms. The lowest BCUT2D eigenvalue weighted by atomic mass is 9.81. The van der Waals surface area contributed by atoms with E-state index in [9.17, 15) is 14.4 Å². The van der Waals surface area contributed by atoms with E-state index in [4.69, 9.17) is 15.7 Å². The molecule has 35 heavy (non-hydrogen) atoms. The molecule has 0 unspecified atom stereocenters. The van der Waals surface area contributed by atoms with Crippen LogP contribution >= 0.6 is 0 Å². The molecule has 0 aromatic carbocycles. The first-order valence-electron chi connectivity index (χ1n) is 13.2. The molecule has 2 fully saturated rings. The van der Waals surface area contributed by atoms with Crippen LogP contribution in [0.5, 0.6) is 0 Å². The van der Waals surface area contributed by atoms with Gasteiger partial charge in [0.1, 0.15) is 17.9 Å². The fraction of sp³-hybridized carbons (Fsp3) is 0.840. The van der Waals surface area contributed by atoms with Gasteiger partial charge in [-0.2, -0.15) is 0 Å². The standard InChI is InChI=1S/C25H45N5O5/c1-5-17(6-2)14-20(28-25(33)35-16(3)4)24(32)30-13-7-8-21(30)23(31)27-15-18-9-11-19(12-10-18)22(26)29-34/h16-21,34H,5-15H2,1-4H3,(H2,26,29)(H,27,31)(H,28,33)/t18-,19-,20-,21+/m1/s1. The molecular formula is C25H45N5O5. The third-order valence-electron chi connectivity index (χ3n) is 7.44. The Balaban J connectivity index is 1.97. The highest BCUT2D eigenvalue weighted by molar-refractivity contribution is 5.92. The molecule has 1 aliphatic heterocycles. The van der Waals surface area contributed by atoms with Crippen LogP contribution in [0.3, 0.4) is 0 Å². The SMILES string of the molecule is CCC(CC)C[C@@H](NC(=O)OC(C)C)C(=O)N1CCC[C@H]1C(=O)NC[C@H]1CC[C@H](C(N)=NO)CC1. The first-order chi connectivity index (χ1) is 16.7. The molecule has 0 aromatic heterocycles. The van der Waals surface area contributed by atoms with Gasteiger partial charge < -0.3 is 31.2 Å². The number of ether oxygens (including phenoxy) is 1. The number of alkyl carbamates (subject to hydrolysis) is 1. The molecule has 2 atom stereocenters. The van der Waals surface area contributed by atoms with Crippen molar-refractivity contribution in [3.63, 3.8) is 0 Å². The van der Waals surface area contributed by atoms with Crippen LogP contribution in [0.25, 0.3) is 0 Å². The van der Waals surface area contributed by atoms with Crippen LogP contribution in [0.15, 0.2) is 5.16 Å². The van der Waals surface area contributed by atoms with E-state index in [0.717, 1.165) is 44.9 Å². The lowest BCUT2D eigenvalue weighted by molar-refractivity contribution is -0.140. The maximum atomic E-state index is 13.5. The molecule has 10 heteroatoms. The van der Waals surface area contributed by atoms with Crippen LogP contribution in [0.1, 0.15) is 85.5 Å². The maximum absolute atomic E-state index is 13.5. The molecule has 0 radical (unpaired) electrons. The smallest absolute Gasteiger partial charge is 0.408 e. The highest BCUT2D eigenvalue weighted by Gasteiger charge is 2.38. The molecule has 200 valence electrons. The number of amides is 3. The van der Waals surface area contributed by atoms with Crippen molar-refractivity contribution in [1.29, 1.82) is 0 Å². The van der Waals surface area contributed by atoms with Gasteiger partial charge in [-0.15, -0.1) is 0 Å². The monoisotopic (exact) mass is 495 g/mol. The molecule has 2 rings (SSSR count). The van der Waals surface area contributed by atoms with Gasteiger partial charge in [0.2, 0.25) is 11.8 Å². The zero-order valence-electron chi connectivity index (χ0n) is 21.8. The highest BCUT2D eigenvalue weighted by Crippen LogP contribution is 2.29. The van der Waals surface area contributed by atoms with Crippen LogP contribution < -0.4 is 16.4 Å². The number of carbonyl (C=O) groups is 3. The Labute approximate surface area is 209 Å². The van der Waals surface area contributed by atoms with Crippen molar-refractivity contribution in [3.8, 4) is 0 Å². The van der Waals surface area contributed by atoms with E-state index < -0.39 is 18.2 Å². The third kappa shape index (κ3) is 8.58. The van der Waals surface area contributed by atoms with Gasteiger partial charge in [0.05, 0.1) is 6.10 Å². The second-order valence-corrected chi connectivity index (χ2v) is 10.2. The fourth-order valence-electron chi connectivity index (χ4n) is 5.18. The Bertz CT molecular complexity index is 732. The van der Waals surface area contributed by atoms with E-state index >= 15 is 0 Å². The van der Waals surface area contributed by atoms with E-state index in [2.05, 4.69) is 29.6 Å². The minimum atomic E-state index is -0.714. The summed E-state index contributed by atoms with van der Waals surface area (Å²) in [5, 5.41) is 17.8. The van der Waals surface area contributed by atoms with Crippen molar-refractivity contribution in [1.82, 2.24) is 15.5 Å². The number of hydrogen-bond acceptors (Lipinski definition) is 6. The molecule has 1 saturated heterocycles. The fourth-order valence-corrected chi connectivity index (χ4v) is 5.18. The van der Waals surface area contributed by atoms with Crippen molar-refractivity contribution in [2.75, 3.05) is 13.1 Å². The summed E-state index contributed by atoms with van der Waals surface area (Å²) in [4.78, 5) is 40.5. The molecule has 0 aromatic rings. The first kappa shape index (κ1) is 28.7. The second kappa shape index (κ2) is 14.1. The van der Waals surface area contributed by atoms with Crippen molar-refractivity contribution >= 4 is 23.7 Å². The number of rotatable bonds is 11. The molecule has 1 heterocycles. The van der Waals surface area contributed by atoms with Crippen LogP contribution in [-0.2, 0) is 14.3 Å². The minimum Gasteiger partial charge on any atom is -0.447 e. The molecule has 1 saturated carbocycles. The van der Waals surface area contributed by atoms with E-state index in [1.54, 1.807) is 18.7 Å². The average Bonchev–Trinajstić information content (AvgIpc) is 3.34. The Morgan fingerprint density at radius 3 is 2.34 bits per heavy atom. The van der Waals surface area contributed by atoms with Gasteiger partial charge in [0, 0.05) is 19.0 Å². The summed E-state index contributed by atoms with van der Waals surface area (Å²) in [5.74, 6) is 0.647. The van der Waals surface area contributed by atoms with Gasteiger partial charge in [-0.1, -0.05) is 31.8 Å². The zero-order chi connectivity index (χ0) is 26.0. The predicted octanol–water partition coefficient (Wildman–Crippen LogP) is 2.98. The number of likely N-dealkylation sites (tertiary alicyclic amines) is 1. The summed E-state index contributed by atoms with van der Waals surface area (Å²) in [7, 11) is 0. The summed E-state index contributed by atoms with van der Waals surface area (Å²) < 4.78 is 5.22. The molecule has 0 bridgehead atoms. The predicted molar refractivity (Wildman–Crippen MR) is 134 cm³/mol. The summed E-state index contributed by atoms with van der Waals surface area (Å²) in [6, 6.07) is -1.24. The number of nitrogens with two attached hydrogens (primary N) is 1. The lowest BCUT2D eigenvalue weighted by Crippen LogP contribution is -2.54. The van der Waals surface area contributed by atoms with Gasteiger partial charge in [0.25, 0.3) is 0 Å². The first-order valence-corrected chi connectivity index (χ1v) is 13.2. The number of hydrogen-bond donors (Lipinski definition) is 4. The third-order valence-corrected chi connectivity index (χ3v) is 7.44. The zero-order valence-corrected chi connectivity index (χ0v) is 21.8. The Morgan fingerprint density at radius 1 is 1.11 bits per heavy atom. The van der Waals surface area contributed by atoms with Gasteiger partial charge in [-0.3, -0.25) is 9.59 Å². The number of nitrogens with one attached hydrogen (secondary N) is 2. The Kier molecular flexibility index (Phi) is 11.6.